The zero-order chi connectivity index (χ0) is 19.4. The van der Waals surface area contributed by atoms with Crippen molar-refractivity contribution < 1.29 is 18.0 Å². The SMILES string of the molecule is CC(C)(C)C(=O)NCCC(=O)Nc1ccc(S(=O)(=O)N2CCCC2)cc1. The van der Waals surface area contributed by atoms with Gasteiger partial charge in [0.05, 0.1) is 4.90 Å². The monoisotopic (exact) mass is 381 g/mol. The topological polar surface area (TPSA) is 95.6 Å². The van der Waals surface area contributed by atoms with Crippen molar-refractivity contribution in [1.29, 1.82) is 0 Å². The molecule has 0 saturated carbocycles. The molecule has 7 nitrogen and oxygen atoms in total. The number of anilines is 1. The third-order valence-corrected chi connectivity index (χ3v) is 6.07. The van der Waals surface area contributed by atoms with Crippen molar-refractivity contribution in [2.75, 3.05) is 25.0 Å². The predicted octanol–water partition coefficient (Wildman–Crippen LogP) is 1.96. The molecule has 0 unspecified atom stereocenters. The zero-order valence-corrected chi connectivity index (χ0v) is 16.4. The summed E-state index contributed by atoms with van der Waals surface area (Å²) in [6.45, 7) is 6.78. The number of rotatable bonds is 6. The minimum absolute atomic E-state index is 0.109. The van der Waals surface area contributed by atoms with E-state index in [1.807, 2.05) is 0 Å². The van der Waals surface area contributed by atoms with Crippen LogP contribution in [0.15, 0.2) is 29.2 Å². The Balaban J connectivity index is 1.87. The highest BCUT2D eigenvalue weighted by Crippen LogP contribution is 2.22. The minimum Gasteiger partial charge on any atom is -0.355 e. The molecule has 144 valence electrons. The molecule has 1 aromatic rings. The molecule has 0 spiro atoms. The van der Waals surface area contributed by atoms with Crippen molar-refractivity contribution >= 4 is 27.5 Å². The van der Waals surface area contributed by atoms with Gasteiger partial charge in [0.25, 0.3) is 0 Å². The highest BCUT2D eigenvalue weighted by atomic mass is 32.2. The van der Waals surface area contributed by atoms with E-state index in [-0.39, 0.29) is 29.7 Å². The maximum atomic E-state index is 12.5. The highest BCUT2D eigenvalue weighted by molar-refractivity contribution is 7.89. The number of carbonyl (C=O) groups is 2. The molecule has 2 rings (SSSR count). The van der Waals surface area contributed by atoms with Crippen LogP contribution < -0.4 is 10.6 Å². The Labute approximate surface area is 155 Å². The standard InChI is InChI=1S/C18H27N3O4S/c1-18(2,3)17(23)19-11-10-16(22)20-14-6-8-15(9-7-14)26(24,25)21-12-4-5-13-21/h6-9H,4-5,10-13H2,1-3H3,(H,19,23)(H,20,22). The van der Waals surface area contributed by atoms with Crippen molar-refractivity contribution in [3.63, 3.8) is 0 Å². The molecule has 1 heterocycles. The number of hydrogen-bond donors (Lipinski definition) is 2. The number of nitrogens with zero attached hydrogens (tertiary/aromatic N) is 1. The Hall–Kier alpha value is -1.93. The smallest absolute Gasteiger partial charge is 0.243 e. The maximum Gasteiger partial charge on any atom is 0.243 e. The number of hydrogen-bond acceptors (Lipinski definition) is 4. The lowest BCUT2D eigenvalue weighted by Crippen LogP contribution is -2.36. The van der Waals surface area contributed by atoms with Crippen LogP contribution in [0.4, 0.5) is 5.69 Å². The fraction of sp³-hybridized carbons (Fsp3) is 0.556. The van der Waals surface area contributed by atoms with Crippen LogP contribution in [0.2, 0.25) is 0 Å². The van der Waals surface area contributed by atoms with Crippen LogP contribution in [0, 0.1) is 5.41 Å². The van der Waals surface area contributed by atoms with E-state index in [2.05, 4.69) is 10.6 Å². The van der Waals surface area contributed by atoms with E-state index in [1.165, 1.54) is 16.4 Å². The lowest BCUT2D eigenvalue weighted by molar-refractivity contribution is -0.128. The van der Waals surface area contributed by atoms with Gasteiger partial charge in [0, 0.05) is 37.2 Å². The predicted molar refractivity (Wildman–Crippen MR) is 100 cm³/mol. The Bertz CT molecular complexity index is 746. The normalized spacial score (nSPS) is 15.7. The lowest BCUT2D eigenvalue weighted by Gasteiger charge is -2.17. The minimum atomic E-state index is -3.45. The second-order valence-electron chi connectivity index (χ2n) is 7.44. The fourth-order valence-corrected chi connectivity index (χ4v) is 4.08. The molecule has 8 heteroatoms. The Morgan fingerprint density at radius 3 is 2.19 bits per heavy atom. The summed E-state index contributed by atoms with van der Waals surface area (Å²) in [5, 5.41) is 5.42. The van der Waals surface area contributed by atoms with Crippen molar-refractivity contribution in [2.45, 2.75) is 44.9 Å². The summed E-state index contributed by atoms with van der Waals surface area (Å²) in [6, 6.07) is 6.17. The van der Waals surface area contributed by atoms with Crippen LogP contribution in [0.25, 0.3) is 0 Å². The van der Waals surface area contributed by atoms with E-state index in [4.69, 9.17) is 0 Å². The van der Waals surface area contributed by atoms with Gasteiger partial charge in [0.1, 0.15) is 0 Å². The van der Waals surface area contributed by atoms with Crippen LogP contribution in [0.1, 0.15) is 40.0 Å². The molecule has 0 aliphatic carbocycles. The van der Waals surface area contributed by atoms with Gasteiger partial charge in [0.2, 0.25) is 21.8 Å². The van der Waals surface area contributed by atoms with Gasteiger partial charge in [0.15, 0.2) is 0 Å². The Morgan fingerprint density at radius 1 is 1.08 bits per heavy atom. The molecule has 2 amide bonds. The summed E-state index contributed by atoms with van der Waals surface area (Å²) >= 11 is 0. The molecule has 0 atom stereocenters. The van der Waals surface area contributed by atoms with Crippen LogP contribution >= 0.6 is 0 Å². The number of sulfonamides is 1. The average molecular weight is 381 g/mol. The Morgan fingerprint density at radius 2 is 1.65 bits per heavy atom. The highest BCUT2D eigenvalue weighted by Gasteiger charge is 2.27. The average Bonchev–Trinajstić information content (AvgIpc) is 3.09. The molecular weight excluding hydrogens is 354 g/mol. The first-order valence-electron chi connectivity index (χ1n) is 8.79. The zero-order valence-electron chi connectivity index (χ0n) is 15.5. The number of carbonyl (C=O) groups excluding carboxylic acids is 2. The lowest BCUT2D eigenvalue weighted by atomic mass is 9.96. The summed E-state index contributed by atoms with van der Waals surface area (Å²) < 4.78 is 26.4. The summed E-state index contributed by atoms with van der Waals surface area (Å²) in [7, 11) is -3.45. The molecule has 2 N–H and O–H groups in total. The first-order chi connectivity index (χ1) is 12.1. The molecule has 1 aliphatic rings. The van der Waals surface area contributed by atoms with Crippen LogP contribution in [0.5, 0.6) is 0 Å². The van der Waals surface area contributed by atoms with E-state index in [9.17, 15) is 18.0 Å². The summed E-state index contributed by atoms with van der Waals surface area (Å²) in [5.41, 5.74) is 0.0326. The fourth-order valence-electron chi connectivity index (χ4n) is 2.57. The third-order valence-electron chi connectivity index (χ3n) is 4.16. The molecule has 1 aromatic carbocycles. The Kier molecular flexibility index (Phi) is 6.41. The van der Waals surface area contributed by atoms with E-state index < -0.39 is 15.4 Å². The van der Waals surface area contributed by atoms with Crippen molar-refractivity contribution in [1.82, 2.24) is 9.62 Å². The second-order valence-corrected chi connectivity index (χ2v) is 9.38. The van der Waals surface area contributed by atoms with E-state index >= 15 is 0 Å². The largest absolute Gasteiger partial charge is 0.355 e. The second kappa shape index (κ2) is 8.18. The quantitative estimate of drug-likeness (QED) is 0.787. The van der Waals surface area contributed by atoms with Gasteiger partial charge in [-0.15, -0.1) is 0 Å². The van der Waals surface area contributed by atoms with Crippen LogP contribution in [-0.2, 0) is 19.6 Å². The third kappa shape index (κ3) is 5.28. The molecule has 1 fully saturated rings. The summed E-state index contributed by atoms with van der Waals surface area (Å²) in [4.78, 5) is 23.9. The maximum absolute atomic E-state index is 12.5. The van der Waals surface area contributed by atoms with Gasteiger partial charge >= 0.3 is 0 Å². The number of benzene rings is 1. The van der Waals surface area contributed by atoms with Gasteiger partial charge < -0.3 is 10.6 Å². The molecule has 0 aromatic heterocycles. The van der Waals surface area contributed by atoms with Gasteiger partial charge in [-0.2, -0.15) is 4.31 Å². The molecule has 1 aliphatic heterocycles. The van der Waals surface area contributed by atoms with Crippen LogP contribution in [0.3, 0.4) is 0 Å². The van der Waals surface area contributed by atoms with Crippen molar-refractivity contribution in [2.24, 2.45) is 5.41 Å². The number of amides is 2. The number of nitrogens with one attached hydrogen (secondary N) is 2. The first kappa shape index (κ1) is 20.4. The van der Waals surface area contributed by atoms with Crippen molar-refractivity contribution in [3.05, 3.63) is 24.3 Å². The van der Waals surface area contributed by atoms with E-state index in [0.29, 0.717) is 18.8 Å². The summed E-state index contributed by atoms with van der Waals surface area (Å²) in [5.74, 6) is -0.351. The summed E-state index contributed by atoms with van der Waals surface area (Å²) in [6.07, 6.45) is 1.92. The molecule has 0 bridgehead atoms. The molecular formula is C18H27N3O4S. The molecule has 1 saturated heterocycles. The van der Waals surface area contributed by atoms with E-state index in [1.54, 1.807) is 32.9 Å². The van der Waals surface area contributed by atoms with Gasteiger partial charge in [-0.05, 0) is 37.1 Å². The van der Waals surface area contributed by atoms with Crippen molar-refractivity contribution in [3.8, 4) is 0 Å². The van der Waals surface area contributed by atoms with Gasteiger partial charge in [-0.25, -0.2) is 8.42 Å². The van der Waals surface area contributed by atoms with Gasteiger partial charge in [-0.1, -0.05) is 20.8 Å². The molecule has 0 radical (unpaired) electrons. The first-order valence-corrected chi connectivity index (χ1v) is 10.2. The van der Waals surface area contributed by atoms with Gasteiger partial charge in [-0.3, -0.25) is 9.59 Å². The molecule has 26 heavy (non-hydrogen) atoms. The van der Waals surface area contributed by atoms with Crippen LogP contribution in [-0.4, -0.2) is 44.2 Å². The van der Waals surface area contributed by atoms with E-state index in [0.717, 1.165) is 12.8 Å².